The van der Waals surface area contributed by atoms with Crippen LogP contribution in [0.5, 0.6) is 0 Å². The molecule has 1 saturated carbocycles. The van der Waals surface area contributed by atoms with E-state index < -0.39 is 6.23 Å². The van der Waals surface area contributed by atoms with Crippen molar-refractivity contribution in [1.82, 2.24) is 0 Å². The summed E-state index contributed by atoms with van der Waals surface area (Å²) in [6.07, 6.45) is 1.89. The highest BCUT2D eigenvalue weighted by Crippen LogP contribution is 2.58. The van der Waals surface area contributed by atoms with Gasteiger partial charge in [-0.15, -0.1) is 0 Å². The summed E-state index contributed by atoms with van der Waals surface area (Å²) in [5, 5.41) is 11.0. The SMILES string of the molecule is CC1C(O)N=C(c2ccccc2)SC12CC2. The normalized spacial score (nSPS) is 31.2. The third kappa shape index (κ3) is 1.59. The van der Waals surface area contributed by atoms with Crippen molar-refractivity contribution in [2.75, 3.05) is 0 Å². The molecule has 0 radical (unpaired) electrons. The number of hydrogen-bond donors (Lipinski definition) is 1. The Morgan fingerprint density at radius 1 is 1.31 bits per heavy atom. The van der Waals surface area contributed by atoms with Crippen molar-refractivity contribution in [3.05, 3.63) is 35.9 Å². The highest BCUT2D eigenvalue weighted by Gasteiger charge is 2.53. The third-order valence-corrected chi connectivity index (χ3v) is 5.31. The largest absolute Gasteiger partial charge is 0.371 e. The summed E-state index contributed by atoms with van der Waals surface area (Å²) in [4.78, 5) is 4.40. The van der Waals surface area contributed by atoms with Gasteiger partial charge in [0.1, 0.15) is 11.3 Å². The van der Waals surface area contributed by atoms with Crippen LogP contribution < -0.4 is 0 Å². The highest BCUT2D eigenvalue weighted by atomic mass is 32.2. The fourth-order valence-electron chi connectivity index (χ4n) is 2.21. The number of hydrogen-bond acceptors (Lipinski definition) is 3. The van der Waals surface area contributed by atoms with E-state index in [4.69, 9.17) is 0 Å². The van der Waals surface area contributed by atoms with Crippen molar-refractivity contribution >= 4 is 16.8 Å². The molecule has 1 aliphatic heterocycles. The molecule has 84 valence electrons. The number of thioether (sulfide) groups is 1. The number of rotatable bonds is 1. The van der Waals surface area contributed by atoms with E-state index in [-0.39, 0.29) is 10.7 Å². The third-order valence-electron chi connectivity index (χ3n) is 3.59. The summed E-state index contributed by atoms with van der Waals surface area (Å²) < 4.78 is 0.270. The minimum Gasteiger partial charge on any atom is -0.371 e. The van der Waals surface area contributed by atoms with Gasteiger partial charge < -0.3 is 5.11 Å². The maximum atomic E-state index is 9.98. The second-order valence-electron chi connectivity index (χ2n) is 4.67. The minimum absolute atomic E-state index is 0.270. The van der Waals surface area contributed by atoms with Gasteiger partial charge >= 0.3 is 0 Å². The van der Waals surface area contributed by atoms with Crippen LogP contribution >= 0.6 is 11.8 Å². The maximum absolute atomic E-state index is 9.98. The van der Waals surface area contributed by atoms with Gasteiger partial charge in [0.15, 0.2) is 0 Å². The zero-order valence-corrected chi connectivity index (χ0v) is 10.1. The van der Waals surface area contributed by atoms with Gasteiger partial charge in [0, 0.05) is 16.2 Å². The number of aliphatic imine (C=N–C) groups is 1. The number of aliphatic hydroxyl groups is 1. The van der Waals surface area contributed by atoms with Gasteiger partial charge in [-0.1, -0.05) is 49.0 Å². The fourth-order valence-corrected chi connectivity index (χ4v) is 3.62. The van der Waals surface area contributed by atoms with E-state index in [2.05, 4.69) is 24.0 Å². The molecule has 1 aromatic rings. The Hall–Kier alpha value is -0.800. The van der Waals surface area contributed by atoms with Gasteiger partial charge in [0.05, 0.1) is 0 Å². The first-order chi connectivity index (χ1) is 7.71. The molecule has 1 N–H and O–H groups in total. The van der Waals surface area contributed by atoms with Crippen LogP contribution in [0.2, 0.25) is 0 Å². The lowest BCUT2D eigenvalue weighted by molar-refractivity contribution is 0.119. The second-order valence-corrected chi connectivity index (χ2v) is 6.07. The maximum Gasteiger partial charge on any atom is 0.150 e. The van der Waals surface area contributed by atoms with Gasteiger partial charge in [-0.25, -0.2) is 4.99 Å². The summed E-state index contributed by atoms with van der Waals surface area (Å²) in [6, 6.07) is 10.2. The lowest BCUT2D eigenvalue weighted by atomic mass is 10.0. The van der Waals surface area contributed by atoms with Crippen molar-refractivity contribution in [3.8, 4) is 0 Å². The molecule has 2 aliphatic rings. The van der Waals surface area contributed by atoms with Gasteiger partial charge in [-0.2, -0.15) is 0 Å². The molecule has 0 bridgehead atoms. The molecule has 0 amide bonds. The molecule has 1 aromatic carbocycles. The van der Waals surface area contributed by atoms with Crippen molar-refractivity contribution in [2.45, 2.75) is 30.7 Å². The Bertz CT molecular complexity index is 425. The first-order valence-electron chi connectivity index (χ1n) is 5.72. The summed E-state index contributed by atoms with van der Waals surface area (Å²) >= 11 is 1.85. The lowest BCUT2D eigenvalue weighted by Crippen LogP contribution is -2.33. The van der Waals surface area contributed by atoms with Crippen LogP contribution in [0.3, 0.4) is 0 Å². The van der Waals surface area contributed by atoms with Gasteiger partial charge in [0.25, 0.3) is 0 Å². The first-order valence-corrected chi connectivity index (χ1v) is 6.53. The van der Waals surface area contributed by atoms with E-state index in [1.165, 1.54) is 12.8 Å². The summed E-state index contributed by atoms with van der Waals surface area (Å²) in [5.41, 5.74) is 1.13. The quantitative estimate of drug-likeness (QED) is 0.809. The second kappa shape index (κ2) is 3.60. The topological polar surface area (TPSA) is 32.6 Å². The van der Waals surface area contributed by atoms with E-state index >= 15 is 0 Å². The predicted molar refractivity (Wildman–Crippen MR) is 67.7 cm³/mol. The molecule has 3 rings (SSSR count). The Kier molecular flexibility index (Phi) is 2.33. The van der Waals surface area contributed by atoms with Crippen molar-refractivity contribution in [3.63, 3.8) is 0 Å². The average Bonchev–Trinajstić information content (AvgIpc) is 3.08. The van der Waals surface area contributed by atoms with Crippen LogP contribution in [-0.2, 0) is 0 Å². The minimum atomic E-state index is -0.529. The fraction of sp³-hybridized carbons (Fsp3) is 0.462. The highest BCUT2D eigenvalue weighted by molar-refractivity contribution is 8.15. The van der Waals surface area contributed by atoms with E-state index in [1.54, 1.807) is 0 Å². The number of aliphatic hydroxyl groups excluding tert-OH is 1. The molecule has 3 heteroatoms. The molecule has 0 aromatic heterocycles. The van der Waals surface area contributed by atoms with Crippen LogP contribution in [-0.4, -0.2) is 21.1 Å². The summed E-state index contributed by atoms with van der Waals surface area (Å²) in [5.74, 6) is 0.282. The molecule has 2 atom stereocenters. The monoisotopic (exact) mass is 233 g/mol. The summed E-state index contributed by atoms with van der Waals surface area (Å²) in [7, 11) is 0. The van der Waals surface area contributed by atoms with Crippen molar-refractivity contribution in [1.29, 1.82) is 0 Å². The van der Waals surface area contributed by atoms with Crippen LogP contribution in [0, 0.1) is 5.92 Å². The van der Waals surface area contributed by atoms with Gasteiger partial charge in [0.2, 0.25) is 0 Å². The Morgan fingerprint density at radius 2 is 2.00 bits per heavy atom. The van der Waals surface area contributed by atoms with Crippen molar-refractivity contribution < 1.29 is 5.11 Å². The zero-order valence-electron chi connectivity index (χ0n) is 9.26. The van der Waals surface area contributed by atoms with E-state index in [0.29, 0.717) is 0 Å². The van der Waals surface area contributed by atoms with E-state index in [0.717, 1.165) is 10.6 Å². The van der Waals surface area contributed by atoms with Crippen LogP contribution in [0.25, 0.3) is 0 Å². The standard InChI is InChI=1S/C13H15NOS/c1-9-11(15)14-12(16-13(9)7-8-13)10-5-3-2-4-6-10/h2-6,9,11,15H,7-8H2,1H3. The van der Waals surface area contributed by atoms with Gasteiger partial charge in [-0.3, -0.25) is 0 Å². The molecule has 1 fully saturated rings. The molecular weight excluding hydrogens is 218 g/mol. The van der Waals surface area contributed by atoms with E-state index in [1.807, 2.05) is 30.0 Å². The van der Waals surface area contributed by atoms with E-state index in [9.17, 15) is 5.11 Å². The number of benzene rings is 1. The number of nitrogens with zero attached hydrogens (tertiary/aromatic N) is 1. The molecule has 0 saturated heterocycles. The van der Waals surface area contributed by atoms with Crippen LogP contribution in [0.4, 0.5) is 0 Å². The molecule has 1 aliphatic carbocycles. The Balaban J connectivity index is 1.95. The molecular formula is C13H15NOS. The zero-order chi connectivity index (χ0) is 11.2. The lowest BCUT2D eigenvalue weighted by Gasteiger charge is -2.31. The average molecular weight is 233 g/mol. The van der Waals surface area contributed by atoms with Gasteiger partial charge in [-0.05, 0) is 12.8 Å². The van der Waals surface area contributed by atoms with Crippen molar-refractivity contribution in [2.24, 2.45) is 10.9 Å². The smallest absolute Gasteiger partial charge is 0.150 e. The molecule has 1 spiro atoms. The molecule has 2 nitrogen and oxygen atoms in total. The summed E-state index contributed by atoms with van der Waals surface area (Å²) in [6.45, 7) is 2.11. The molecule has 2 unspecified atom stereocenters. The molecule has 1 heterocycles. The Morgan fingerprint density at radius 3 is 2.62 bits per heavy atom. The first kappa shape index (κ1) is 10.4. The Labute approximate surface area is 99.8 Å². The molecule has 16 heavy (non-hydrogen) atoms. The predicted octanol–water partition coefficient (Wildman–Crippen LogP) is 2.67. The van der Waals surface area contributed by atoms with Crippen LogP contribution in [0.15, 0.2) is 35.3 Å². The van der Waals surface area contributed by atoms with Crippen LogP contribution in [0.1, 0.15) is 25.3 Å².